The molecule has 0 unspecified atom stereocenters. The van der Waals surface area contributed by atoms with E-state index in [1.54, 1.807) is 5.56 Å². The first-order valence-corrected chi connectivity index (χ1v) is 7.48. The molecule has 1 fully saturated rings. The molecule has 0 aliphatic heterocycles. The molecule has 2 rings (SSSR count). The van der Waals surface area contributed by atoms with E-state index < -0.39 is 0 Å². The molecule has 0 heterocycles. The Balaban J connectivity index is 2.08. The number of rotatable bonds is 6. The molecule has 100 valence electrons. The van der Waals surface area contributed by atoms with Crippen molar-refractivity contribution in [3.05, 3.63) is 35.4 Å². The third kappa shape index (κ3) is 2.77. The fourth-order valence-corrected chi connectivity index (χ4v) is 3.23. The number of benzene rings is 1. The van der Waals surface area contributed by atoms with E-state index in [9.17, 15) is 0 Å². The van der Waals surface area contributed by atoms with E-state index in [4.69, 9.17) is 0 Å². The Hall–Kier alpha value is -0.820. The van der Waals surface area contributed by atoms with Crippen LogP contribution in [-0.4, -0.2) is 13.1 Å². The standard InChI is InChI=1S/C17H27N/c1-4-10-18-13-17(11-15(5-2)12-17)16-8-6-14(3)7-9-16/h6-9,15,18H,4-5,10-13H2,1-3H3. The molecule has 0 aromatic heterocycles. The molecular weight excluding hydrogens is 218 g/mol. The average Bonchev–Trinajstić information content (AvgIpc) is 2.34. The average molecular weight is 245 g/mol. The van der Waals surface area contributed by atoms with Crippen LogP contribution in [0.1, 0.15) is 50.7 Å². The summed E-state index contributed by atoms with van der Waals surface area (Å²) in [5, 5.41) is 3.64. The first kappa shape index (κ1) is 13.6. The fourth-order valence-electron chi connectivity index (χ4n) is 3.23. The van der Waals surface area contributed by atoms with Gasteiger partial charge in [-0.15, -0.1) is 0 Å². The van der Waals surface area contributed by atoms with Crippen LogP contribution in [0.15, 0.2) is 24.3 Å². The summed E-state index contributed by atoms with van der Waals surface area (Å²) in [6, 6.07) is 9.20. The predicted molar refractivity (Wildman–Crippen MR) is 79.0 cm³/mol. The third-order valence-corrected chi connectivity index (χ3v) is 4.49. The Labute approximate surface area is 112 Å². The molecule has 1 heteroatoms. The molecule has 1 aromatic carbocycles. The van der Waals surface area contributed by atoms with Gasteiger partial charge in [0.2, 0.25) is 0 Å². The summed E-state index contributed by atoms with van der Waals surface area (Å²) in [6.07, 6.45) is 5.29. The fraction of sp³-hybridized carbons (Fsp3) is 0.647. The Kier molecular flexibility index (Phi) is 4.45. The third-order valence-electron chi connectivity index (χ3n) is 4.49. The molecule has 1 aliphatic rings. The largest absolute Gasteiger partial charge is 0.316 e. The van der Waals surface area contributed by atoms with Gasteiger partial charge in [0, 0.05) is 12.0 Å². The monoisotopic (exact) mass is 245 g/mol. The molecular formula is C17H27N. The second kappa shape index (κ2) is 5.88. The minimum Gasteiger partial charge on any atom is -0.316 e. The van der Waals surface area contributed by atoms with E-state index in [-0.39, 0.29) is 0 Å². The van der Waals surface area contributed by atoms with Crippen LogP contribution < -0.4 is 5.32 Å². The summed E-state index contributed by atoms with van der Waals surface area (Å²) in [5.74, 6) is 0.940. The van der Waals surface area contributed by atoms with E-state index in [0.717, 1.165) is 19.0 Å². The molecule has 0 spiro atoms. The Morgan fingerprint density at radius 2 is 1.83 bits per heavy atom. The second-order valence-corrected chi connectivity index (χ2v) is 6.01. The van der Waals surface area contributed by atoms with Crippen molar-refractivity contribution in [3.63, 3.8) is 0 Å². The summed E-state index contributed by atoms with van der Waals surface area (Å²) in [7, 11) is 0. The van der Waals surface area contributed by atoms with Crippen molar-refractivity contribution in [2.75, 3.05) is 13.1 Å². The first-order chi connectivity index (χ1) is 8.70. The highest BCUT2D eigenvalue weighted by Crippen LogP contribution is 2.48. The second-order valence-electron chi connectivity index (χ2n) is 6.01. The highest BCUT2D eigenvalue weighted by molar-refractivity contribution is 5.32. The maximum absolute atomic E-state index is 3.64. The van der Waals surface area contributed by atoms with E-state index in [1.807, 2.05) is 0 Å². The zero-order valence-electron chi connectivity index (χ0n) is 12.1. The van der Waals surface area contributed by atoms with Gasteiger partial charge in [0.15, 0.2) is 0 Å². The quantitative estimate of drug-likeness (QED) is 0.745. The van der Waals surface area contributed by atoms with Crippen molar-refractivity contribution >= 4 is 0 Å². The van der Waals surface area contributed by atoms with E-state index in [0.29, 0.717) is 5.41 Å². The zero-order valence-corrected chi connectivity index (χ0v) is 12.1. The van der Waals surface area contributed by atoms with Crippen molar-refractivity contribution < 1.29 is 0 Å². The maximum atomic E-state index is 3.64. The van der Waals surface area contributed by atoms with Gasteiger partial charge in [-0.05, 0) is 44.2 Å². The lowest BCUT2D eigenvalue weighted by Crippen LogP contribution is -2.48. The molecule has 1 saturated carbocycles. The predicted octanol–water partition coefficient (Wildman–Crippen LogP) is 4.05. The summed E-state index contributed by atoms with van der Waals surface area (Å²) >= 11 is 0. The molecule has 0 atom stereocenters. The number of nitrogens with one attached hydrogen (secondary N) is 1. The summed E-state index contributed by atoms with van der Waals surface area (Å²) in [6.45, 7) is 9.02. The molecule has 0 amide bonds. The topological polar surface area (TPSA) is 12.0 Å². The van der Waals surface area contributed by atoms with Gasteiger partial charge in [0.05, 0.1) is 0 Å². The SMILES string of the molecule is CCCNCC1(c2ccc(C)cc2)CC(CC)C1. The highest BCUT2D eigenvalue weighted by Gasteiger charge is 2.43. The van der Waals surface area contributed by atoms with Crippen LogP contribution in [-0.2, 0) is 5.41 Å². The lowest BCUT2D eigenvalue weighted by Gasteiger charge is -2.48. The van der Waals surface area contributed by atoms with Crippen LogP contribution in [0.2, 0.25) is 0 Å². The molecule has 18 heavy (non-hydrogen) atoms. The van der Waals surface area contributed by atoms with Crippen LogP contribution >= 0.6 is 0 Å². The van der Waals surface area contributed by atoms with Crippen LogP contribution in [0.25, 0.3) is 0 Å². The van der Waals surface area contributed by atoms with Gasteiger partial charge in [-0.2, -0.15) is 0 Å². The molecule has 0 radical (unpaired) electrons. The van der Waals surface area contributed by atoms with E-state index >= 15 is 0 Å². The van der Waals surface area contributed by atoms with Gasteiger partial charge in [-0.25, -0.2) is 0 Å². The van der Waals surface area contributed by atoms with Crippen LogP contribution in [0.4, 0.5) is 0 Å². The smallest absolute Gasteiger partial charge is 0.00830 e. The summed E-state index contributed by atoms with van der Waals surface area (Å²) < 4.78 is 0. The van der Waals surface area contributed by atoms with Crippen LogP contribution in [0.3, 0.4) is 0 Å². The van der Waals surface area contributed by atoms with E-state index in [2.05, 4.69) is 50.4 Å². The van der Waals surface area contributed by atoms with Gasteiger partial charge < -0.3 is 5.32 Å². The van der Waals surface area contributed by atoms with Gasteiger partial charge in [-0.1, -0.05) is 50.1 Å². The number of hydrogen-bond acceptors (Lipinski definition) is 1. The first-order valence-electron chi connectivity index (χ1n) is 7.48. The van der Waals surface area contributed by atoms with E-state index in [1.165, 1.54) is 31.2 Å². The van der Waals surface area contributed by atoms with Crippen LogP contribution in [0.5, 0.6) is 0 Å². The molecule has 1 aliphatic carbocycles. The van der Waals surface area contributed by atoms with Gasteiger partial charge in [-0.3, -0.25) is 0 Å². The van der Waals surface area contributed by atoms with Crippen LogP contribution in [0, 0.1) is 12.8 Å². The molecule has 1 nitrogen and oxygen atoms in total. The molecule has 0 bridgehead atoms. The summed E-state index contributed by atoms with van der Waals surface area (Å²) in [4.78, 5) is 0. The maximum Gasteiger partial charge on any atom is 0.00830 e. The molecule has 0 saturated heterocycles. The zero-order chi connectivity index (χ0) is 13.0. The Morgan fingerprint density at radius 3 is 2.39 bits per heavy atom. The molecule has 1 aromatic rings. The number of aryl methyl sites for hydroxylation is 1. The van der Waals surface area contributed by atoms with Crippen molar-refractivity contribution in [2.45, 2.75) is 51.9 Å². The number of hydrogen-bond donors (Lipinski definition) is 1. The molecule has 1 N–H and O–H groups in total. The van der Waals surface area contributed by atoms with Gasteiger partial charge in [0.1, 0.15) is 0 Å². The lowest BCUT2D eigenvalue weighted by molar-refractivity contribution is 0.134. The Bertz CT molecular complexity index is 360. The lowest BCUT2D eigenvalue weighted by atomic mass is 9.58. The normalized spacial score (nSPS) is 26.9. The summed E-state index contributed by atoms with van der Waals surface area (Å²) in [5.41, 5.74) is 3.33. The van der Waals surface area contributed by atoms with Crippen molar-refractivity contribution in [3.8, 4) is 0 Å². The highest BCUT2D eigenvalue weighted by atomic mass is 14.9. The van der Waals surface area contributed by atoms with Gasteiger partial charge >= 0.3 is 0 Å². The van der Waals surface area contributed by atoms with Crippen molar-refractivity contribution in [1.29, 1.82) is 0 Å². The minimum atomic E-state index is 0.420. The van der Waals surface area contributed by atoms with Crippen molar-refractivity contribution in [1.82, 2.24) is 5.32 Å². The Morgan fingerprint density at radius 1 is 1.17 bits per heavy atom. The van der Waals surface area contributed by atoms with Gasteiger partial charge in [0.25, 0.3) is 0 Å². The van der Waals surface area contributed by atoms with Crippen molar-refractivity contribution in [2.24, 2.45) is 5.92 Å². The minimum absolute atomic E-state index is 0.420.